The van der Waals surface area contributed by atoms with E-state index in [9.17, 15) is 9.59 Å². The van der Waals surface area contributed by atoms with Crippen molar-refractivity contribution >= 4 is 22.7 Å². The topological polar surface area (TPSA) is 64.2 Å². The number of carbonyl (C=O) groups excluding carboxylic acids is 1. The highest BCUT2D eigenvalue weighted by atomic mass is 16.4. The summed E-state index contributed by atoms with van der Waals surface area (Å²) in [5.74, 6) is -0.661. The fourth-order valence-electron chi connectivity index (χ4n) is 2.35. The summed E-state index contributed by atoms with van der Waals surface area (Å²) in [5.41, 5.74) is 4.48. The minimum Gasteiger partial charge on any atom is -0.408 e. The molecular formula is C17H16N2O3. The van der Waals surface area contributed by atoms with Crippen LogP contribution in [0.25, 0.3) is 11.1 Å². The highest BCUT2D eigenvalue weighted by Crippen LogP contribution is 2.20. The molecule has 0 aliphatic heterocycles. The minimum absolute atomic E-state index is 0.218. The average Bonchev–Trinajstić information content (AvgIpc) is 2.78. The predicted molar refractivity (Wildman–Crippen MR) is 85.3 cm³/mol. The SMILES string of the molecule is Cc1cccc(NC(=O)c2ccc3oc(=O)n(C)c3c2)c1C. The van der Waals surface area contributed by atoms with Gasteiger partial charge in [0, 0.05) is 18.3 Å². The highest BCUT2D eigenvalue weighted by Gasteiger charge is 2.12. The Kier molecular flexibility index (Phi) is 3.33. The van der Waals surface area contributed by atoms with E-state index in [1.165, 1.54) is 4.57 Å². The Labute approximate surface area is 127 Å². The number of nitrogens with zero attached hydrogens (tertiary/aromatic N) is 1. The summed E-state index contributed by atoms with van der Waals surface area (Å²) in [4.78, 5) is 23.9. The molecule has 0 spiro atoms. The lowest BCUT2D eigenvalue weighted by molar-refractivity contribution is 0.102. The van der Waals surface area contributed by atoms with Crippen molar-refractivity contribution in [2.75, 3.05) is 5.32 Å². The molecule has 2 aromatic carbocycles. The number of amides is 1. The Balaban J connectivity index is 1.97. The highest BCUT2D eigenvalue weighted by molar-refractivity contribution is 6.06. The zero-order valence-corrected chi connectivity index (χ0v) is 12.6. The molecule has 5 nitrogen and oxygen atoms in total. The van der Waals surface area contributed by atoms with Crippen molar-refractivity contribution in [3.8, 4) is 0 Å². The van der Waals surface area contributed by atoms with E-state index in [1.807, 2.05) is 32.0 Å². The van der Waals surface area contributed by atoms with Crippen molar-refractivity contribution in [1.29, 1.82) is 0 Å². The standard InChI is InChI=1S/C17H16N2O3/c1-10-5-4-6-13(11(10)2)18-16(20)12-7-8-15-14(9-12)19(3)17(21)22-15/h4-9H,1-3H3,(H,18,20). The predicted octanol–water partition coefficient (Wildman–Crippen LogP) is 3.00. The molecule has 0 saturated carbocycles. The van der Waals surface area contributed by atoms with Gasteiger partial charge in [0.2, 0.25) is 0 Å². The van der Waals surface area contributed by atoms with Gasteiger partial charge >= 0.3 is 5.76 Å². The molecule has 0 aliphatic rings. The van der Waals surface area contributed by atoms with Gasteiger partial charge in [-0.3, -0.25) is 9.36 Å². The molecule has 1 aromatic heterocycles. The number of rotatable bonds is 2. The lowest BCUT2D eigenvalue weighted by atomic mass is 10.1. The van der Waals surface area contributed by atoms with Crippen molar-refractivity contribution in [2.24, 2.45) is 7.05 Å². The van der Waals surface area contributed by atoms with E-state index in [-0.39, 0.29) is 5.91 Å². The summed E-state index contributed by atoms with van der Waals surface area (Å²) >= 11 is 0. The van der Waals surface area contributed by atoms with Crippen LogP contribution < -0.4 is 11.1 Å². The fourth-order valence-corrected chi connectivity index (χ4v) is 2.35. The summed E-state index contributed by atoms with van der Waals surface area (Å²) < 4.78 is 6.44. The summed E-state index contributed by atoms with van der Waals surface area (Å²) in [5, 5.41) is 2.90. The molecule has 3 aromatic rings. The van der Waals surface area contributed by atoms with Crippen molar-refractivity contribution in [1.82, 2.24) is 4.57 Å². The number of nitrogens with one attached hydrogen (secondary N) is 1. The maximum atomic E-state index is 12.4. The first-order chi connectivity index (χ1) is 10.5. The van der Waals surface area contributed by atoms with Gasteiger partial charge in [0.1, 0.15) is 0 Å². The summed E-state index contributed by atoms with van der Waals surface area (Å²) in [7, 11) is 1.61. The average molecular weight is 296 g/mol. The monoisotopic (exact) mass is 296 g/mol. The molecule has 22 heavy (non-hydrogen) atoms. The van der Waals surface area contributed by atoms with Crippen molar-refractivity contribution in [2.45, 2.75) is 13.8 Å². The molecule has 1 N–H and O–H groups in total. The van der Waals surface area contributed by atoms with E-state index in [4.69, 9.17) is 4.42 Å². The maximum absolute atomic E-state index is 12.4. The molecule has 3 rings (SSSR count). The molecule has 112 valence electrons. The van der Waals surface area contributed by atoms with Gasteiger partial charge in [0.15, 0.2) is 5.58 Å². The molecule has 0 aliphatic carbocycles. The summed E-state index contributed by atoms with van der Waals surface area (Å²) in [6.07, 6.45) is 0. The first kappa shape index (κ1) is 14.1. The van der Waals surface area contributed by atoms with Crippen LogP contribution in [0.3, 0.4) is 0 Å². The Morgan fingerprint density at radius 1 is 1.18 bits per heavy atom. The normalized spacial score (nSPS) is 10.9. The third-order valence-corrected chi connectivity index (χ3v) is 3.91. The van der Waals surface area contributed by atoms with Gasteiger partial charge in [-0.1, -0.05) is 12.1 Å². The molecular weight excluding hydrogens is 280 g/mol. The minimum atomic E-state index is -0.443. The van der Waals surface area contributed by atoms with Crippen molar-refractivity contribution < 1.29 is 9.21 Å². The number of carbonyl (C=O) groups is 1. The van der Waals surface area contributed by atoms with Gasteiger partial charge in [-0.15, -0.1) is 0 Å². The Morgan fingerprint density at radius 3 is 2.73 bits per heavy atom. The van der Waals surface area contributed by atoms with Gasteiger partial charge in [0.05, 0.1) is 5.52 Å². The lowest BCUT2D eigenvalue weighted by Gasteiger charge is -2.10. The second-order valence-electron chi connectivity index (χ2n) is 5.31. The van der Waals surface area contributed by atoms with E-state index in [1.54, 1.807) is 25.2 Å². The number of hydrogen-bond acceptors (Lipinski definition) is 3. The first-order valence-corrected chi connectivity index (χ1v) is 6.94. The quantitative estimate of drug-likeness (QED) is 0.790. The van der Waals surface area contributed by atoms with E-state index in [0.717, 1.165) is 16.8 Å². The Morgan fingerprint density at radius 2 is 1.95 bits per heavy atom. The van der Waals surface area contributed by atoms with Gasteiger partial charge < -0.3 is 9.73 Å². The number of aryl methyl sites for hydroxylation is 2. The Bertz CT molecular complexity index is 935. The van der Waals surface area contributed by atoms with Crippen LogP contribution in [0, 0.1) is 13.8 Å². The van der Waals surface area contributed by atoms with Crippen LogP contribution in [0.5, 0.6) is 0 Å². The van der Waals surface area contributed by atoms with Gasteiger partial charge in [-0.2, -0.15) is 0 Å². The van der Waals surface area contributed by atoms with Gasteiger partial charge in [0.25, 0.3) is 5.91 Å². The van der Waals surface area contributed by atoms with Crippen LogP contribution in [0.4, 0.5) is 5.69 Å². The van der Waals surface area contributed by atoms with E-state index >= 15 is 0 Å². The van der Waals surface area contributed by atoms with Crippen LogP contribution in [-0.2, 0) is 7.05 Å². The first-order valence-electron chi connectivity index (χ1n) is 6.94. The van der Waals surface area contributed by atoms with Crippen molar-refractivity contribution in [3.63, 3.8) is 0 Å². The number of oxazole rings is 1. The van der Waals surface area contributed by atoms with Gasteiger partial charge in [-0.05, 0) is 49.2 Å². The van der Waals surface area contributed by atoms with Crippen LogP contribution in [0.1, 0.15) is 21.5 Å². The lowest BCUT2D eigenvalue weighted by Crippen LogP contribution is -2.13. The Hall–Kier alpha value is -2.82. The second-order valence-corrected chi connectivity index (χ2v) is 5.31. The number of aromatic nitrogens is 1. The van der Waals surface area contributed by atoms with Crippen LogP contribution >= 0.6 is 0 Å². The fraction of sp³-hybridized carbons (Fsp3) is 0.176. The molecule has 0 atom stereocenters. The zero-order chi connectivity index (χ0) is 15.9. The number of hydrogen-bond donors (Lipinski definition) is 1. The molecule has 1 heterocycles. The van der Waals surface area contributed by atoms with Gasteiger partial charge in [-0.25, -0.2) is 4.79 Å². The molecule has 0 bridgehead atoms. The number of fused-ring (bicyclic) bond motifs is 1. The molecule has 1 amide bonds. The smallest absolute Gasteiger partial charge is 0.408 e. The van der Waals surface area contributed by atoms with E-state index in [0.29, 0.717) is 16.7 Å². The van der Waals surface area contributed by atoms with E-state index < -0.39 is 5.76 Å². The van der Waals surface area contributed by atoms with Crippen molar-refractivity contribution in [3.05, 3.63) is 63.6 Å². The molecule has 0 unspecified atom stereocenters. The molecule has 0 radical (unpaired) electrons. The van der Waals surface area contributed by atoms with E-state index in [2.05, 4.69) is 5.32 Å². The van der Waals surface area contributed by atoms with Crippen LogP contribution in [-0.4, -0.2) is 10.5 Å². The largest absolute Gasteiger partial charge is 0.419 e. The molecule has 5 heteroatoms. The second kappa shape index (κ2) is 5.18. The molecule has 0 saturated heterocycles. The molecule has 0 fully saturated rings. The number of benzene rings is 2. The zero-order valence-electron chi connectivity index (χ0n) is 12.6. The third-order valence-electron chi connectivity index (χ3n) is 3.91. The summed E-state index contributed by atoms with van der Waals surface area (Å²) in [6.45, 7) is 3.96. The third kappa shape index (κ3) is 2.30. The van der Waals surface area contributed by atoms with Crippen LogP contribution in [0.15, 0.2) is 45.6 Å². The van der Waals surface area contributed by atoms with Crippen LogP contribution in [0.2, 0.25) is 0 Å². The maximum Gasteiger partial charge on any atom is 0.419 e. The summed E-state index contributed by atoms with van der Waals surface area (Å²) in [6, 6.07) is 10.7. The number of anilines is 1.